The zero-order valence-corrected chi connectivity index (χ0v) is 9.13. The number of phenols is 1. The molecule has 0 heterocycles. The molecule has 1 aromatic carbocycles. The fourth-order valence-electron chi connectivity index (χ4n) is 1.12. The van der Waals surface area contributed by atoms with Gasteiger partial charge in [-0.2, -0.15) is 0 Å². The van der Waals surface area contributed by atoms with Crippen molar-refractivity contribution in [3.63, 3.8) is 0 Å². The quantitative estimate of drug-likeness (QED) is 0.811. The van der Waals surface area contributed by atoms with E-state index >= 15 is 0 Å². The number of rotatable bonds is 2. The average Bonchev–Trinajstić information content (AvgIpc) is 2.08. The Morgan fingerprint density at radius 2 is 2.15 bits per heavy atom. The Hall–Kier alpha value is -0.830. The largest absolute Gasteiger partial charge is 0.508 e. The Morgan fingerprint density at radius 1 is 1.54 bits per heavy atom. The lowest BCUT2D eigenvalue weighted by atomic mass is 10.0. The van der Waals surface area contributed by atoms with Crippen molar-refractivity contribution in [1.82, 2.24) is 0 Å². The smallest absolute Gasteiger partial charge is 0.147 e. The molecule has 0 saturated carbocycles. The van der Waals surface area contributed by atoms with Crippen molar-refractivity contribution in [3.8, 4) is 5.75 Å². The standard InChI is InChI=1S/C10H11BrO2/c1-6-3-4-8(13)5-9(6)10(11)7(2)12/h3-5,10,13H,1-2H3. The first-order valence-electron chi connectivity index (χ1n) is 3.96. The first kappa shape index (κ1) is 10.3. The maximum Gasteiger partial charge on any atom is 0.147 e. The van der Waals surface area contributed by atoms with Crippen LogP contribution < -0.4 is 0 Å². The van der Waals surface area contributed by atoms with Crippen molar-refractivity contribution in [2.45, 2.75) is 18.7 Å². The number of hydrogen-bond acceptors (Lipinski definition) is 2. The minimum absolute atomic E-state index is 0.0358. The first-order valence-corrected chi connectivity index (χ1v) is 4.88. The molecule has 0 aliphatic rings. The van der Waals surface area contributed by atoms with Crippen molar-refractivity contribution >= 4 is 21.7 Å². The topological polar surface area (TPSA) is 37.3 Å². The number of halogens is 1. The van der Waals surface area contributed by atoms with Crippen molar-refractivity contribution in [1.29, 1.82) is 0 Å². The van der Waals surface area contributed by atoms with Crippen LogP contribution in [0.1, 0.15) is 22.9 Å². The molecule has 13 heavy (non-hydrogen) atoms. The van der Waals surface area contributed by atoms with Gasteiger partial charge in [0, 0.05) is 0 Å². The van der Waals surface area contributed by atoms with Crippen LogP contribution in [-0.4, -0.2) is 10.9 Å². The Morgan fingerprint density at radius 3 is 2.69 bits per heavy atom. The molecule has 1 N–H and O–H groups in total. The maximum atomic E-state index is 11.1. The molecule has 0 aliphatic carbocycles. The summed E-state index contributed by atoms with van der Waals surface area (Å²) in [5.41, 5.74) is 1.82. The van der Waals surface area contributed by atoms with E-state index in [-0.39, 0.29) is 16.4 Å². The highest BCUT2D eigenvalue weighted by Crippen LogP contribution is 2.29. The number of carbonyl (C=O) groups is 1. The Bertz CT molecular complexity index is 334. The molecule has 2 nitrogen and oxygen atoms in total. The van der Waals surface area contributed by atoms with Gasteiger partial charge in [-0.3, -0.25) is 4.79 Å². The molecule has 0 aliphatic heterocycles. The molecule has 3 heteroatoms. The van der Waals surface area contributed by atoms with Crippen LogP contribution in [0.4, 0.5) is 0 Å². The SMILES string of the molecule is CC(=O)C(Br)c1cc(O)ccc1C. The lowest BCUT2D eigenvalue weighted by molar-refractivity contribution is -0.116. The van der Waals surface area contributed by atoms with Crippen LogP contribution in [0.15, 0.2) is 18.2 Å². The second-order valence-electron chi connectivity index (χ2n) is 3.01. The van der Waals surface area contributed by atoms with Crippen molar-refractivity contribution in [2.24, 2.45) is 0 Å². The van der Waals surface area contributed by atoms with Crippen molar-refractivity contribution < 1.29 is 9.90 Å². The molecule has 70 valence electrons. The van der Waals surface area contributed by atoms with Crippen LogP contribution >= 0.6 is 15.9 Å². The van der Waals surface area contributed by atoms with Gasteiger partial charge in [0.15, 0.2) is 0 Å². The third-order valence-electron chi connectivity index (χ3n) is 1.89. The summed E-state index contributed by atoms with van der Waals surface area (Å²) in [6, 6.07) is 5.01. The second kappa shape index (κ2) is 3.92. The molecule has 1 rings (SSSR count). The highest BCUT2D eigenvalue weighted by molar-refractivity contribution is 9.09. The van der Waals surface area contributed by atoms with Gasteiger partial charge < -0.3 is 5.11 Å². The van der Waals surface area contributed by atoms with E-state index in [0.29, 0.717) is 0 Å². The Kier molecular flexibility index (Phi) is 3.09. The predicted molar refractivity (Wildman–Crippen MR) is 55.2 cm³/mol. The summed E-state index contributed by atoms with van der Waals surface area (Å²) < 4.78 is 0. The molecular formula is C10H11BrO2. The van der Waals surface area contributed by atoms with E-state index in [9.17, 15) is 9.90 Å². The van der Waals surface area contributed by atoms with Crippen LogP contribution in [-0.2, 0) is 4.79 Å². The van der Waals surface area contributed by atoms with Gasteiger partial charge in [-0.1, -0.05) is 22.0 Å². The van der Waals surface area contributed by atoms with Crippen LogP contribution in [0.25, 0.3) is 0 Å². The molecule has 0 aromatic heterocycles. The number of hydrogen-bond donors (Lipinski definition) is 1. The molecule has 0 saturated heterocycles. The number of aryl methyl sites for hydroxylation is 1. The zero-order chi connectivity index (χ0) is 10.0. The molecule has 0 radical (unpaired) electrons. The second-order valence-corrected chi connectivity index (χ2v) is 3.93. The monoisotopic (exact) mass is 242 g/mol. The highest BCUT2D eigenvalue weighted by Gasteiger charge is 2.14. The predicted octanol–water partition coefficient (Wildman–Crippen LogP) is 2.73. The van der Waals surface area contributed by atoms with Gasteiger partial charge in [0.05, 0.1) is 4.83 Å². The van der Waals surface area contributed by atoms with Gasteiger partial charge in [0.1, 0.15) is 11.5 Å². The number of Topliss-reactive ketones (excluding diaryl/α,β-unsaturated/α-hetero) is 1. The van der Waals surface area contributed by atoms with E-state index in [2.05, 4.69) is 15.9 Å². The fourth-order valence-corrected chi connectivity index (χ4v) is 1.61. The Labute approximate surface area is 85.7 Å². The van der Waals surface area contributed by atoms with Gasteiger partial charge in [-0.15, -0.1) is 0 Å². The highest BCUT2D eigenvalue weighted by atomic mass is 79.9. The number of phenolic OH excluding ortho intramolecular Hbond substituents is 1. The van der Waals surface area contributed by atoms with Gasteiger partial charge in [-0.05, 0) is 37.1 Å². The van der Waals surface area contributed by atoms with E-state index in [4.69, 9.17) is 0 Å². The van der Waals surface area contributed by atoms with Crippen molar-refractivity contribution in [2.75, 3.05) is 0 Å². The summed E-state index contributed by atoms with van der Waals surface area (Å²) in [6.07, 6.45) is 0. The lowest BCUT2D eigenvalue weighted by Gasteiger charge is -2.09. The first-order chi connectivity index (χ1) is 6.02. The molecular weight excluding hydrogens is 232 g/mol. The van der Waals surface area contributed by atoms with E-state index < -0.39 is 0 Å². The summed E-state index contributed by atoms with van der Waals surface area (Å²) in [6.45, 7) is 3.43. The third kappa shape index (κ3) is 2.31. The van der Waals surface area contributed by atoms with E-state index in [1.807, 2.05) is 6.92 Å². The molecule has 0 bridgehead atoms. The third-order valence-corrected chi connectivity index (χ3v) is 3.03. The Balaban J connectivity index is 3.12. The van der Waals surface area contributed by atoms with Gasteiger partial charge in [-0.25, -0.2) is 0 Å². The van der Waals surface area contributed by atoms with Gasteiger partial charge in [0.2, 0.25) is 0 Å². The minimum atomic E-state index is -0.320. The van der Waals surface area contributed by atoms with Gasteiger partial charge in [0.25, 0.3) is 0 Å². The van der Waals surface area contributed by atoms with Crippen LogP contribution in [0.5, 0.6) is 5.75 Å². The number of benzene rings is 1. The van der Waals surface area contributed by atoms with Crippen LogP contribution in [0.3, 0.4) is 0 Å². The van der Waals surface area contributed by atoms with E-state index in [1.54, 1.807) is 18.2 Å². The average molecular weight is 243 g/mol. The molecule has 0 fully saturated rings. The fraction of sp³-hybridized carbons (Fsp3) is 0.300. The number of carbonyl (C=O) groups excluding carboxylic acids is 1. The molecule has 1 aromatic rings. The van der Waals surface area contributed by atoms with Crippen LogP contribution in [0, 0.1) is 6.92 Å². The summed E-state index contributed by atoms with van der Waals surface area (Å²) in [5, 5.41) is 9.24. The summed E-state index contributed by atoms with van der Waals surface area (Å²) >= 11 is 3.27. The molecule has 0 spiro atoms. The maximum absolute atomic E-state index is 11.1. The molecule has 1 unspecified atom stereocenters. The normalized spacial score (nSPS) is 12.5. The summed E-state index contributed by atoms with van der Waals surface area (Å²) in [4.78, 5) is 10.8. The van der Waals surface area contributed by atoms with E-state index in [1.165, 1.54) is 6.92 Å². The summed E-state index contributed by atoms with van der Waals surface area (Å²) in [7, 11) is 0. The number of aromatic hydroxyl groups is 1. The van der Waals surface area contributed by atoms with Crippen molar-refractivity contribution in [3.05, 3.63) is 29.3 Å². The van der Waals surface area contributed by atoms with Crippen LogP contribution in [0.2, 0.25) is 0 Å². The summed E-state index contributed by atoms with van der Waals surface area (Å²) in [5.74, 6) is 0.222. The molecule has 1 atom stereocenters. The minimum Gasteiger partial charge on any atom is -0.508 e. The van der Waals surface area contributed by atoms with E-state index in [0.717, 1.165) is 11.1 Å². The van der Waals surface area contributed by atoms with Gasteiger partial charge >= 0.3 is 0 Å². The lowest BCUT2D eigenvalue weighted by Crippen LogP contribution is -2.02. The molecule has 0 amide bonds. The number of ketones is 1. The number of alkyl halides is 1. The zero-order valence-electron chi connectivity index (χ0n) is 7.54.